The van der Waals surface area contributed by atoms with Crippen molar-refractivity contribution in [2.45, 2.75) is 38.5 Å². The molecule has 8 nitrogen and oxygen atoms in total. The molecule has 0 aliphatic rings. The number of carboxylic acid groups (broad SMARTS) is 1. The average Bonchev–Trinajstić information content (AvgIpc) is 2.92. The number of carboxylic acids is 1. The lowest BCUT2D eigenvalue weighted by molar-refractivity contribution is -0.135. The first kappa shape index (κ1) is 31.4. The highest BCUT2D eigenvalue weighted by atomic mass is 16.5. The third-order valence-electron chi connectivity index (χ3n) is 4.93. The molecule has 0 saturated heterocycles. The lowest BCUT2D eigenvalue weighted by atomic mass is 10.2. The Balaban J connectivity index is 0.000000371. The van der Waals surface area contributed by atoms with Crippen LogP contribution >= 0.6 is 0 Å². The lowest BCUT2D eigenvalue weighted by Crippen LogP contribution is -1.98. The highest BCUT2D eigenvalue weighted by Crippen LogP contribution is 2.15. The molecule has 0 aliphatic carbocycles. The zero-order valence-corrected chi connectivity index (χ0v) is 21.4. The summed E-state index contributed by atoms with van der Waals surface area (Å²) in [6, 6.07) is 14.7. The number of ether oxygens (including phenoxy) is 3. The van der Waals surface area contributed by atoms with Gasteiger partial charge in [-0.25, -0.2) is 9.59 Å². The Morgan fingerprint density at radius 3 is 1.57 bits per heavy atom. The van der Waals surface area contributed by atoms with Crippen LogP contribution in [0.5, 0.6) is 11.5 Å². The Labute approximate surface area is 218 Å². The van der Waals surface area contributed by atoms with Crippen LogP contribution in [0.1, 0.15) is 49.7 Å². The van der Waals surface area contributed by atoms with Gasteiger partial charge in [-0.2, -0.15) is 0 Å². The van der Waals surface area contributed by atoms with Crippen LogP contribution in [0.2, 0.25) is 0 Å². The summed E-state index contributed by atoms with van der Waals surface area (Å²) in [4.78, 5) is 21.3. The largest absolute Gasteiger partial charge is 0.494 e. The summed E-state index contributed by atoms with van der Waals surface area (Å²) >= 11 is 0. The van der Waals surface area contributed by atoms with E-state index in [2.05, 4.69) is 4.74 Å². The predicted molar refractivity (Wildman–Crippen MR) is 143 cm³/mol. The molecule has 2 rings (SSSR count). The number of aliphatic hydroxyl groups excluding tert-OH is 2. The van der Waals surface area contributed by atoms with E-state index in [-0.39, 0.29) is 19.2 Å². The smallest absolute Gasteiger partial charge is 0.330 e. The van der Waals surface area contributed by atoms with E-state index in [0.29, 0.717) is 13.2 Å². The molecule has 0 radical (unpaired) electrons. The molecular formula is C29H38O8. The van der Waals surface area contributed by atoms with Gasteiger partial charge in [-0.1, -0.05) is 30.7 Å². The van der Waals surface area contributed by atoms with Crippen molar-refractivity contribution in [1.82, 2.24) is 0 Å². The Hall–Kier alpha value is -3.62. The molecule has 0 atom stereocenters. The summed E-state index contributed by atoms with van der Waals surface area (Å²) in [5.41, 5.74) is 1.74. The van der Waals surface area contributed by atoms with E-state index in [1.807, 2.05) is 48.5 Å². The fourth-order valence-corrected chi connectivity index (χ4v) is 2.91. The van der Waals surface area contributed by atoms with Gasteiger partial charge < -0.3 is 29.5 Å². The van der Waals surface area contributed by atoms with Gasteiger partial charge in [0.05, 0.1) is 20.3 Å². The predicted octanol–water partition coefficient (Wildman–Crippen LogP) is 4.74. The molecule has 8 heteroatoms. The molecule has 0 unspecified atom stereocenters. The van der Waals surface area contributed by atoms with Gasteiger partial charge in [-0.05, 0) is 79.6 Å². The number of benzene rings is 2. The summed E-state index contributed by atoms with van der Waals surface area (Å²) in [7, 11) is 1.34. The summed E-state index contributed by atoms with van der Waals surface area (Å²) < 4.78 is 15.5. The maximum Gasteiger partial charge on any atom is 0.330 e. The molecule has 0 heterocycles. The van der Waals surface area contributed by atoms with Gasteiger partial charge in [0.25, 0.3) is 0 Å². The molecule has 3 N–H and O–H groups in total. The molecular weight excluding hydrogens is 476 g/mol. The van der Waals surface area contributed by atoms with E-state index >= 15 is 0 Å². The quantitative estimate of drug-likeness (QED) is 0.167. The maximum atomic E-state index is 10.9. The molecule has 0 amide bonds. The maximum absolute atomic E-state index is 10.9. The first-order valence-corrected chi connectivity index (χ1v) is 12.3. The second kappa shape index (κ2) is 20.6. The topological polar surface area (TPSA) is 123 Å². The van der Waals surface area contributed by atoms with E-state index < -0.39 is 5.97 Å². The molecule has 2 aromatic carbocycles. The van der Waals surface area contributed by atoms with Gasteiger partial charge in [-0.15, -0.1) is 0 Å². The fourth-order valence-electron chi connectivity index (χ4n) is 2.91. The molecule has 0 saturated carbocycles. The van der Waals surface area contributed by atoms with E-state index in [1.54, 1.807) is 12.2 Å². The first-order valence-electron chi connectivity index (χ1n) is 12.3. The second-order valence-electron chi connectivity index (χ2n) is 7.93. The molecule has 0 spiro atoms. The number of hydrogen-bond donors (Lipinski definition) is 3. The monoisotopic (exact) mass is 514 g/mol. The van der Waals surface area contributed by atoms with Gasteiger partial charge in [-0.3, -0.25) is 0 Å². The second-order valence-corrected chi connectivity index (χ2v) is 7.93. The van der Waals surface area contributed by atoms with Crippen molar-refractivity contribution in [3.63, 3.8) is 0 Å². The van der Waals surface area contributed by atoms with Crippen molar-refractivity contribution in [3.8, 4) is 11.5 Å². The number of unbranched alkanes of at least 4 members (excludes halogenated alkanes) is 4. The molecule has 202 valence electrons. The molecule has 37 heavy (non-hydrogen) atoms. The minimum Gasteiger partial charge on any atom is -0.494 e. The molecule has 0 bridgehead atoms. The summed E-state index contributed by atoms with van der Waals surface area (Å²) in [6.45, 7) is 1.71. The number of methoxy groups -OCH3 is 1. The zero-order chi connectivity index (χ0) is 27.1. The van der Waals surface area contributed by atoms with Crippen LogP contribution in [0.25, 0.3) is 12.2 Å². The third kappa shape index (κ3) is 16.6. The van der Waals surface area contributed by atoms with Crippen LogP contribution in [0.4, 0.5) is 0 Å². The SMILES string of the molecule is COC(=O)C=Cc1ccc(OCCCCO)cc1.O=C(O)C=Cc1ccc(OCCCCCCO)cc1. The minimum atomic E-state index is -0.955. The van der Waals surface area contributed by atoms with E-state index in [9.17, 15) is 9.59 Å². The number of hydrogen-bond acceptors (Lipinski definition) is 7. The van der Waals surface area contributed by atoms with Gasteiger partial charge in [0.1, 0.15) is 11.5 Å². The number of carbonyl (C=O) groups is 2. The van der Waals surface area contributed by atoms with Crippen molar-refractivity contribution in [1.29, 1.82) is 0 Å². The number of rotatable bonds is 16. The number of aliphatic hydroxyl groups is 2. The number of esters is 1. The van der Waals surface area contributed by atoms with Crippen molar-refractivity contribution in [2.24, 2.45) is 0 Å². The molecule has 0 aliphatic heterocycles. The number of carbonyl (C=O) groups excluding carboxylic acids is 1. The minimum absolute atomic E-state index is 0.195. The van der Waals surface area contributed by atoms with E-state index in [0.717, 1.165) is 67.2 Å². The standard InChI is InChI=1S/C15H20O4.C14H18O4/c16-11-3-1-2-4-12-19-14-8-5-13(6-9-14)7-10-15(17)18;1-17-14(16)9-6-12-4-7-13(8-5-12)18-11-3-2-10-15/h5-10,16H,1-4,11-12H2,(H,17,18);4-9,15H,2-3,10-11H2,1H3. The Morgan fingerprint density at radius 1 is 0.676 bits per heavy atom. The van der Waals surface area contributed by atoms with Gasteiger partial charge in [0.15, 0.2) is 0 Å². The fraction of sp³-hybridized carbons (Fsp3) is 0.379. The van der Waals surface area contributed by atoms with Crippen LogP contribution in [0.3, 0.4) is 0 Å². The molecule has 0 fully saturated rings. The summed E-state index contributed by atoms with van der Waals surface area (Å²) in [5.74, 6) is 0.236. The zero-order valence-electron chi connectivity index (χ0n) is 21.4. The van der Waals surface area contributed by atoms with Crippen molar-refractivity contribution in [2.75, 3.05) is 33.5 Å². The van der Waals surface area contributed by atoms with Crippen LogP contribution in [0.15, 0.2) is 60.7 Å². The van der Waals surface area contributed by atoms with E-state index in [4.69, 9.17) is 24.8 Å². The van der Waals surface area contributed by atoms with Crippen LogP contribution < -0.4 is 9.47 Å². The summed E-state index contributed by atoms with van der Waals surface area (Å²) in [6.07, 6.45) is 11.2. The lowest BCUT2D eigenvalue weighted by Gasteiger charge is -2.06. The van der Waals surface area contributed by atoms with Crippen molar-refractivity contribution >= 4 is 24.1 Å². The van der Waals surface area contributed by atoms with Crippen molar-refractivity contribution < 1.29 is 39.1 Å². The Morgan fingerprint density at radius 2 is 1.11 bits per heavy atom. The molecule has 0 aromatic heterocycles. The average molecular weight is 515 g/mol. The highest BCUT2D eigenvalue weighted by molar-refractivity contribution is 5.87. The molecule has 2 aromatic rings. The third-order valence-corrected chi connectivity index (χ3v) is 4.93. The van der Waals surface area contributed by atoms with Crippen LogP contribution in [0, 0.1) is 0 Å². The Kier molecular flexibility index (Phi) is 17.5. The van der Waals surface area contributed by atoms with Gasteiger partial charge in [0, 0.05) is 25.4 Å². The van der Waals surface area contributed by atoms with Crippen molar-refractivity contribution in [3.05, 3.63) is 71.8 Å². The van der Waals surface area contributed by atoms with Gasteiger partial charge >= 0.3 is 11.9 Å². The highest BCUT2D eigenvalue weighted by Gasteiger charge is 1.97. The first-order chi connectivity index (χ1) is 18.0. The Bertz CT molecular complexity index is 933. The van der Waals surface area contributed by atoms with E-state index in [1.165, 1.54) is 13.2 Å². The van der Waals surface area contributed by atoms with Crippen LogP contribution in [-0.4, -0.2) is 60.8 Å². The van der Waals surface area contributed by atoms with Gasteiger partial charge in [0.2, 0.25) is 0 Å². The van der Waals surface area contributed by atoms with Crippen LogP contribution in [-0.2, 0) is 14.3 Å². The number of aliphatic carboxylic acids is 1. The normalized spacial score (nSPS) is 10.7. The summed E-state index contributed by atoms with van der Waals surface area (Å²) in [5, 5.41) is 25.8.